The van der Waals surface area contributed by atoms with Crippen molar-refractivity contribution in [1.82, 2.24) is 5.32 Å². The molecular formula is C76H142N2O6P+. The highest BCUT2D eigenvalue weighted by molar-refractivity contribution is 7.47. The van der Waals surface area contributed by atoms with E-state index in [1.807, 2.05) is 27.2 Å². The molecule has 0 saturated heterocycles. The van der Waals surface area contributed by atoms with Crippen LogP contribution in [0.2, 0.25) is 0 Å². The van der Waals surface area contributed by atoms with E-state index < -0.39 is 20.0 Å². The highest BCUT2D eigenvalue weighted by Crippen LogP contribution is 2.43. The molecule has 0 saturated carbocycles. The van der Waals surface area contributed by atoms with E-state index >= 15 is 0 Å². The van der Waals surface area contributed by atoms with Gasteiger partial charge in [0.2, 0.25) is 5.91 Å². The van der Waals surface area contributed by atoms with E-state index in [-0.39, 0.29) is 19.1 Å². The summed E-state index contributed by atoms with van der Waals surface area (Å²) in [7, 11) is 1.56. The Morgan fingerprint density at radius 2 is 0.718 bits per heavy atom. The molecule has 0 radical (unpaired) electrons. The van der Waals surface area contributed by atoms with Crippen LogP contribution in [0.3, 0.4) is 0 Å². The van der Waals surface area contributed by atoms with Gasteiger partial charge in [0.15, 0.2) is 0 Å². The lowest BCUT2D eigenvalue weighted by atomic mass is 10.0. The van der Waals surface area contributed by atoms with Crippen LogP contribution in [0.5, 0.6) is 0 Å². The van der Waals surface area contributed by atoms with Crippen LogP contribution in [0.15, 0.2) is 85.1 Å². The SMILES string of the molecule is CC/C=C\C/C=C\C/C=C\C/C=C\C/C=C\CCCCCCCCCCCCCCCCCCCCCC(=O)NC(COP(=O)(O)OCC[N+](C)(C)C)C(O)/C=C/CC/C=C/CCCCCCCCCCCCCCCCCCCCCCCC. The molecule has 0 spiro atoms. The lowest BCUT2D eigenvalue weighted by molar-refractivity contribution is -0.870. The number of nitrogens with one attached hydrogen (secondary N) is 1. The molecule has 0 rings (SSSR count). The van der Waals surface area contributed by atoms with E-state index in [9.17, 15) is 19.4 Å². The number of hydrogen-bond acceptors (Lipinski definition) is 5. The molecule has 3 unspecified atom stereocenters. The second kappa shape index (κ2) is 66.1. The number of unbranched alkanes of at least 4 members (excludes halogenated alkanes) is 42. The number of quaternary nitrogens is 1. The van der Waals surface area contributed by atoms with Crippen LogP contribution in [0.4, 0.5) is 0 Å². The summed E-state index contributed by atoms with van der Waals surface area (Å²) in [4.78, 5) is 23.4. The Hall–Kier alpha value is -2.32. The first-order valence-electron chi connectivity index (χ1n) is 36.5. The first kappa shape index (κ1) is 82.7. The van der Waals surface area contributed by atoms with Gasteiger partial charge in [-0.1, -0.05) is 343 Å². The van der Waals surface area contributed by atoms with Crippen LogP contribution in [-0.4, -0.2) is 73.4 Å². The molecule has 0 fully saturated rings. The van der Waals surface area contributed by atoms with Crippen LogP contribution < -0.4 is 5.32 Å². The molecule has 0 aliphatic heterocycles. The van der Waals surface area contributed by atoms with Crippen molar-refractivity contribution in [3.63, 3.8) is 0 Å². The summed E-state index contributed by atoms with van der Waals surface area (Å²) in [5.74, 6) is -0.183. The van der Waals surface area contributed by atoms with E-state index in [1.165, 1.54) is 250 Å². The molecule has 3 N–H and O–H groups in total. The number of rotatable bonds is 67. The molecule has 85 heavy (non-hydrogen) atoms. The molecule has 0 aromatic carbocycles. The fourth-order valence-corrected chi connectivity index (χ4v) is 11.5. The maximum Gasteiger partial charge on any atom is 0.472 e. The predicted molar refractivity (Wildman–Crippen MR) is 373 cm³/mol. The molecule has 8 nitrogen and oxygen atoms in total. The van der Waals surface area contributed by atoms with Crippen molar-refractivity contribution in [1.29, 1.82) is 0 Å². The molecule has 3 atom stereocenters. The van der Waals surface area contributed by atoms with E-state index in [0.717, 1.165) is 70.6 Å². The minimum absolute atomic E-state index is 0.0553. The Kier molecular flexibility index (Phi) is 64.3. The first-order valence-corrected chi connectivity index (χ1v) is 38.0. The molecule has 0 aromatic heterocycles. The number of aliphatic hydroxyl groups is 1. The van der Waals surface area contributed by atoms with Gasteiger partial charge in [-0.25, -0.2) is 4.57 Å². The number of likely N-dealkylation sites (N-methyl/N-ethyl adjacent to an activating group) is 1. The van der Waals surface area contributed by atoms with Gasteiger partial charge in [0.1, 0.15) is 13.2 Å². The van der Waals surface area contributed by atoms with E-state index in [0.29, 0.717) is 17.4 Å². The third kappa shape index (κ3) is 69.0. The van der Waals surface area contributed by atoms with Gasteiger partial charge in [-0.2, -0.15) is 0 Å². The smallest absolute Gasteiger partial charge is 0.387 e. The zero-order chi connectivity index (χ0) is 61.9. The van der Waals surface area contributed by atoms with Gasteiger partial charge in [0.05, 0.1) is 39.9 Å². The average Bonchev–Trinajstić information content (AvgIpc) is 3.48. The number of allylic oxidation sites excluding steroid dienone is 13. The van der Waals surface area contributed by atoms with Gasteiger partial charge in [-0.15, -0.1) is 0 Å². The summed E-state index contributed by atoms with van der Waals surface area (Å²) in [6.07, 6.45) is 94.6. The Bertz CT molecular complexity index is 1660. The van der Waals surface area contributed by atoms with Gasteiger partial charge in [-0.3, -0.25) is 13.8 Å². The zero-order valence-electron chi connectivity index (χ0n) is 56.8. The number of nitrogens with zero attached hydrogens (tertiary/aromatic N) is 1. The van der Waals surface area contributed by atoms with Gasteiger partial charge in [0.25, 0.3) is 0 Å². The monoisotopic (exact) mass is 1210 g/mol. The van der Waals surface area contributed by atoms with E-state index in [2.05, 4.69) is 92.1 Å². The summed E-state index contributed by atoms with van der Waals surface area (Å²) < 4.78 is 23.8. The van der Waals surface area contributed by atoms with Gasteiger partial charge in [-0.05, 0) is 77.0 Å². The fraction of sp³-hybridized carbons (Fsp3) is 0.803. The van der Waals surface area contributed by atoms with Crippen LogP contribution in [0.1, 0.15) is 341 Å². The largest absolute Gasteiger partial charge is 0.472 e. The maximum absolute atomic E-state index is 13.1. The number of aliphatic hydroxyl groups excluding tert-OH is 1. The number of amides is 1. The molecule has 0 bridgehead atoms. The van der Waals surface area contributed by atoms with Crippen molar-refractivity contribution in [3.05, 3.63) is 85.1 Å². The molecular weight excluding hydrogens is 1070 g/mol. The predicted octanol–water partition coefficient (Wildman–Crippen LogP) is 23.5. The van der Waals surface area contributed by atoms with Crippen LogP contribution in [-0.2, 0) is 18.4 Å². The lowest BCUT2D eigenvalue weighted by Crippen LogP contribution is -2.45. The average molecular weight is 1210 g/mol. The molecule has 0 heterocycles. The summed E-state index contributed by atoms with van der Waals surface area (Å²) in [6, 6.07) is -0.868. The van der Waals surface area contributed by atoms with Crippen LogP contribution >= 0.6 is 7.82 Å². The van der Waals surface area contributed by atoms with Crippen LogP contribution in [0, 0.1) is 0 Å². The second-order valence-electron chi connectivity index (χ2n) is 25.9. The van der Waals surface area contributed by atoms with Crippen molar-refractivity contribution in [2.75, 3.05) is 40.9 Å². The van der Waals surface area contributed by atoms with Crippen molar-refractivity contribution in [3.8, 4) is 0 Å². The number of carbonyl (C=O) groups is 1. The summed E-state index contributed by atoms with van der Waals surface area (Å²) in [5, 5.41) is 14.0. The molecule has 1 amide bonds. The summed E-state index contributed by atoms with van der Waals surface area (Å²) in [6.45, 7) is 4.72. The van der Waals surface area contributed by atoms with Crippen molar-refractivity contribution >= 4 is 13.7 Å². The third-order valence-corrected chi connectivity index (χ3v) is 17.3. The second-order valence-corrected chi connectivity index (χ2v) is 27.4. The molecule has 0 aromatic rings. The Morgan fingerprint density at radius 3 is 1.08 bits per heavy atom. The first-order chi connectivity index (χ1) is 41.5. The van der Waals surface area contributed by atoms with Gasteiger partial charge < -0.3 is 19.8 Å². The fourth-order valence-electron chi connectivity index (χ4n) is 10.7. The van der Waals surface area contributed by atoms with Gasteiger partial charge in [0, 0.05) is 6.42 Å². The highest BCUT2D eigenvalue weighted by Gasteiger charge is 2.28. The molecule has 9 heteroatoms. The molecule has 496 valence electrons. The zero-order valence-corrected chi connectivity index (χ0v) is 57.7. The number of phosphoric ester groups is 1. The molecule has 0 aliphatic rings. The third-order valence-electron chi connectivity index (χ3n) is 16.3. The standard InChI is InChI=1S/C76H141N2O6P/c1-6-8-10-12-14-16-18-20-22-24-26-28-30-32-34-36-37-38-39-40-41-42-44-46-48-50-52-54-56-58-60-62-64-66-68-70-76(80)77-74(73-84-85(81,82)83-72-71-78(3,4)5)75(79)69-67-65-63-61-59-57-55-53-51-49-47-45-43-35-33-31-29-27-25-23-21-19-17-15-13-11-9-7-2/h8,10,14,16,20,22,26,28,32,34,59,61,67,69,74-75,79H,6-7,9,11-13,15,17-19,21,23-25,27,29-31,33,35-58,60,62-66,68,70-73H2,1-5H3,(H-,77,80,81,82)/p+1/b10-8-,16-14-,22-20-,28-26-,34-32-,61-59+,69-67+. The summed E-state index contributed by atoms with van der Waals surface area (Å²) >= 11 is 0. The summed E-state index contributed by atoms with van der Waals surface area (Å²) in [5.41, 5.74) is 0. The van der Waals surface area contributed by atoms with Crippen LogP contribution in [0.25, 0.3) is 0 Å². The maximum atomic E-state index is 13.1. The number of hydrogen-bond donors (Lipinski definition) is 3. The Morgan fingerprint density at radius 1 is 0.412 bits per heavy atom. The lowest BCUT2D eigenvalue weighted by Gasteiger charge is -2.25. The normalized spacial score (nSPS) is 14.1. The van der Waals surface area contributed by atoms with Crippen molar-refractivity contribution in [2.45, 2.75) is 353 Å². The minimum atomic E-state index is -4.37. The van der Waals surface area contributed by atoms with Gasteiger partial charge >= 0.3 is 7.82 Å². The van der Waals surface area contributed by atoms with E-state index in [4.69, 9.17) is 9.05 Å². The van der Waals surface area contributed by atoms with Crippen molar-refractivity contribution < 1.29 is 32.9 Å². The minimum Gasteiger partial charge on any atom is -0.387 e. The Labute approximate surface area is 528 Å². The van der Waals surface area contributed by atoms with E-state index in [1.54, 1.807) is 6.08 Å². The highest BCUT2D eigenvalue weighted by atomic mass is 31.2. The number of carbonyl (C=O) groups excluding carboxylic acids is 1. The quantitative estimate of drug-likeness (QED) is 0.0243. The molecule has 0 aliphatic carbocycles. The topological polar surface area (TPSA) is 105 Å². The Balaban J connectivity index is 4.06. The number of phosphoric acid groups is 1. The van der Waals surface area contributed by atoms with Crippen molar-refractivity contribution in [2.24, 2.45) is 0 Å².